The molecule has 4 heteroatoms. The van der Waals surface area contributed by atoms with E-state index in [1.54, 1.807) is 6.07 Å². The van der Waals surface area contributed by atoms with Gasteiger partial charge in [-0.05, 0) is 62.1 Å². The zero-order chi connectivity index (χ0) is 23.1. The number of phenols is 1. The molecule has 1 saturated heterocycles. The SMILES string of the molecule is CC(C)(C)CC(C(=O)OC1CC(C)(C)NC(C)(C)C1)c1ccc(O)c(C(C)(C)C)c1. The van der Waals surface area contributed by atoms with E-state index in [0.717, 1.165) is 24.0 Å². The summed E-state index contributed by atoms with van der Waals surface area (Å²) in [6.07, 6.45) is 2.18. The highest BCUT2D eigenvalue weighted by Gasteiger charge is 2.40. The Hall–Kier alpha value is -1.55. The number of hydrogen-bond donors (Lipinski definition) is 2. The Morgan fingerprint density at radius 1 is 1.10 bits per heavy atom. The van der Waals surface area contributed by atoms with Gasteiger partial charge in [0.05, 0.1) is 5.92 Å². The summed E-state index contributed by atoms with van der Waals surface area (Å²) in [4.78, 5) is 13.5. The van der Waals surface area contributed by atoms with Crippen LogP contribution in [0.3, 0.4) is 0 Å². The van der Waals surface area contributed by atoms with Gasteiger partial charge in [-0.1, -0.05) is 53.7 Å². The van der Waals surface area contributed by atoms with Crippen molar-refractivity contribution in [3.63, 3.8) is 0 Å². The fourth-order valence-electron chi connectivity index (χ4n) is 4.88. The molecule has 30 heavy (non-hydrogen) atoms. The minimum absolute atomic E-state index is 0.0316. The van der Waals surface area contributed by atoms with Crippen LogP contribution in [0.1, 0.15) is 106 Å². The van der Waals surface area contributed by atoms with Crippen molar-refractivity contribution in [3.05, 3.63) is 29.3 Å². The summed E-state index contributed by atoms with van der Waals surface area (Å²) >= 11 is 0. The van der Waals surface area contributed by atoms with E-state index < -0.39 is 0 Å². The van der Waals surface area contributed by atoms with E-state index in [1.807, 2.05) is 12.1 Å². The third-order valence-corrected chi connectivity index (χ3v) is 5.77. The molecule has 0 amide bonds. The molecule has 1 unspecified atom stereocenters. The third kappa shape index (κ3) is 6.73. The van der Waals surface area contributed by atoms with Crippen LogP contribution in [0.25, 0.3) is 0 Å². The average molecular weight is 418 g/mol. The Kier molecular flexibility index (Phi) is 6.74. The molecule has 2 rings (SSSR count). The van der Waals surface area contributed by atoms with Crippen LogP contribution >= 0.6 is 0 Å². The number of carbonyl (C=O) groups is 1. The Bertz CT molecular complexity index is 749. The van der Waals surface area contributed by atoms with E-state index in [9.17, 15) is 9.90 Å². The summed E-state index contributed by atoms with van der Waals surface area (Å²) in [5.74, 6) is -0.238. The van der Waals surface area contributed by atoms with Crippen molar-refractivity contribution in [3.8, 4) is 5.75 Å². The smallest absolute Gasteiger partial charge is 0.313 e. The van der Waals surface area contributed by atoms with Gasteiger partial charge in [0.25, 0.3) is 0 Å². The first-order chi connectivity index (χ1) is 13.4. The molecular weight excluding hydrogens is 374 g/mol. The van der Waals surface area contributed by atoms with E-state index in [-0.39, 0.29) is 45.6 Å². The van der Waals surface area contributed by atoms with E-state index in [4.69, 9.17) is 4.74 Å². The van der Waals surface area contributed by atoms with Crippen molar-refractivity contribution in [2.24, 2.45) is 5.41 Å². The normalized spacial score (nSPS) is 20.6. The molecule has 0 radical (unpaired) electrons. The summed E-state index contributed by atoms with van der Waals surface area (Å²) in [5.41, 5.74) is 1.38. The van der Waals surface area contributed by atoms with Gasteiger partial charge in [0, 0.05) is 23.9 Å². The van der Waals surface area contributed by atoms with E-state index in [0.29, 0.717) is 6.42 Å². The van der Waals surface area contributed by atoms with Gasteiger partial charge in [-0.3, -0.25) is 4.79 Å². The Balaban J connectivity index is 2.35. The number of nitrogens with one attached hydrogen (secondary N) is 1. The number of ether oxygens (including phenoxy) is 1. The fraction of sp³-hybridized carbons (Fsp3) is 0.731. The highest BCUT2D eigenvalue weighted by molar-refractivity contribution is 5.78. The monoisotopic (exact) mass is 417 g/mol. The fourth-order valence-corrected chi connectivity index (χ4v) is 4.88. The Labute approximate surface area is 183 Å². The maximum absolute atomic E-state index is 13.5. The van der Waals surface area contributed by atoms with Crippen LogP contribution in [0.4, 0.5) is 0 Å². The highest BCUT2D eigenvalue weighted by Crippen LogP contribution is 2.38. The van der Waals surface area contributed by atoms with Crippen LogP contribution in [-0.4, -0.2) is 28.3 Å². The molecule has 1 aliphatic rings. The predicted molar refractivity (Wildman–Crippen MR) is 124 cm³/mol. The van der Waals surface area contributed by atoms with E-state index in [1.165, 1.54) is 0 Å². The molecule has 0 aliphatic carbocycles. The number of phenolic OH excluding ortho intramolecular Hbond substituents is 1. The molecule has 1 fully saturated rings. The Morgan fingerprint density at radius 3 is 2.10 bits per heavy atom. The number of piperidine rings is 1. The third-order valence-electron chi connectivity index (χ3n) is 5.77. The molecular formula is C26H43NO3. The zero-order valence-electron chi connectivity index (χ0n) is 20.8. The van der Waals surface area contributed by atoms with Crippen LogP contribution < -0.4 is 5.32 Å². The van der Waals surface area contributed by atoms with Crippen molar-refractivity contribution in [2.45, 2.75) is 117 Å². The van der Waals surface area contributed by atoms with Gasteiger partial charge >= 0.3 is 5.97 Å². The van der Waals surface area contributed by atoms with Crippen LogP contribution in [0.2, 0.25) is 0 Å². The molecule has 1 atom stereocenters. The molecule has 1 aromatic carbocycles. The molecule has 0 spiro atoms. The van der Waals surface area contributed by atoms with Crippen molar-refractivity contribution in [1.29, 1.82) is 0 Å². The summed E-state index contributed by atoms with van der Waals surface area (Å²) in [7, 11) is 0. The maximum Gasteiger partial charge on any atom is 0.313 e. The first-order valence-corrected chi connectivity index (χ1v) is 11.2. The van der Waals surface area contributed by atoms with Gasteiger partial charge in [0.15, 0.2) is 0 Å². The molecule has 1 heterocycles. The summed E-state index contributed by atoms with van der Waals surface area (Å²) in [5, 5.41) is 14.0. The first kappa shape index (κ1) is 24.7. The number of aromatic hydroxyl groups is 1. The minimum Gasteiger partial charge on any atom is -0.508 e. The lowest BCUT2D eigenvalue weighted by Crippen LogP contribution is -2.59. The molecule has 0 aromatic heterocycles. The van der Waals surface area contributed by atoms with Crippen LogP contribution in [0.15, 0.2) is 18.2 Å². The molecule has 4 nitrogen and oxygen atoms in total. The molecule has 1 aliphatic heterocycles. The highest BCUT2D eigenvalue weighted by atomic mass is 16.5. The zero-order valence-corrected chi connectivity index (χ0v) is 20.8. The second-order valence-corrected chi connectivity index (χ2v) is 12.7. The number of carbonyl (C=O) groups excluding carboxylic acids is 1. The standard InChI is InChI=1S/C26H43NO3/c1-23(2,3)16-19(17-11-12-21(28)20(13-17)24(4,5)6)22(29)30-18-14-25(7,8)27-26(9,10)15-18/h11-13,18-19,27-28H,14-16H2,1-10H3. The summed E-state index contributed by atoms with van der Waals surface area (Å²) in [6, 6.07) is 5.58. The predicted octanol–water partition coefficient (Wildman–Crippen LogP) is 6.06. The first-order valence-electron chi connectivity index (χ1n) is 11.2. The number of benzene rings is 1. The van der Waals surface area contributed by atoms with Gasteiger partial charge in [-0.2, -0.15) is 0 Å². The van der Waals surface area contributed by atoms with E-state index in [2.05, 4.69) is 74.6 Å². The van der Waals surface area contributed by atoms with Gasteiger partial charge in [0.1, 0.15) is 11.9 Å². The lowest BCUT2D eigenvalue weighted by Gasteiger charge is -2.46. The average Bonchev–Trinajstić information content (AvgIpc) is 2.48. The quantitative estimate of drug-likeness (QED) is 0.584. The lowest BCUT2D eigenvalue weighted by atomic mass is 9.78. The Morgan fingerprint density at radius 2 is 1.63 bits per heavy atom. The van der Waals surface area contributed by atoms with E-state index >= 15 is 0 Å². The van der Waals surface area contributed by atoms with Crippen LogP contribution in [0.5, 0.6) is 5.75 Å². The number of hydrogen-bond acceptors (Lipinski definition) is 4. The van der Waals surface area contributed by atoms with Crippen molar-refractivity contribution >= 4 is 5.97 Å². The second-order valence-electron chi connectivity index (χ2n) is 12.7. The molecule has 0 saturated carbocycles. The number of esters is 1. The van der Waals surface area contributed by atoms with Gasteiger partial charge in [0.2, 0.25) is 0 Å². The summed E-state index contributed by atoms with van der Waals surface area (Å²) in [6.45, 7) is 21.3. The van der Waals surface area contributed by atoms with Gasteiger partial charge < -0.3 is 15.2 Å². The largest absolute Gasteiger partial charge is 0.508 e. The second kappa shape index (κ2) is 8.18. The van der Waals surface area contributed by atoms with Crippen LogP contribution in [0, 0.1) is 5.41 Å². The van der Waals surface area contributed by atoms with Crippen molar-refractivity contribution in [2.75, 3.05) is 0 Å². The van der Waals surface area contributed by atoms with Gasteiger partial charge in [-0.15, -0.1) is 0 Å². The maximum atomic E-state index is 13.5. The van der Waals surface area contributed by atoms with Gasteiger partial charge in [-0.25, -0.2) is 0 Å². The lowest BCUT2D eigenvalue weighted by molar-refractivity contribution is -0.155. The van der Waals surface area contributed by atoms with Crippen molar-refractivity contribution in [1.82, 2.24) is 5.32 Å². The topological polar surface area (TPSA) is 58.6 Å². The summed E-state index contributed by atoms with van der Waals surface area (Å²) < 4.78 is 6.14. The number of rotatable bonds is 4. The minimum atomic E-state index is -0.354. The molecule has 2 N–H and O–H groups in total. The van der Waals surface area contributed by atoms with Crippen molar-refractivity contribution < 1.29 is 14.6 Å². The molecule has 170 valence electrons. The van der Waals surface area contributed by atoms with Crippen LogP contribution in [-0.2, 0) is 14.9 Å². The molecule has 0 bridgehead atoms. The molecule has 1 aromatic rings.